The first-order valence-corrected chi connectivity index (χ1v) is 8.48. The van der Waals surface area contributed by atoms with Crippen LogP contribution in [0.1, 0.15) is 5.56 Å². The van der Waals surface area contributed by atoms with E-state index < -0.39 is 27.4 Å². The SMILES string of the molecule is CN(c1ccccc1)c1ncnc(Nc2ccc(Cl)c(C(F)(F)F)c2)c1[N+](=O)[O-]. The molecular formula is C18H13ClF3N5O2. The molecule has 1 N–H and O–H groups in total. The van der Waals surface area contributed by atoms with Crippen LogP contribution in [0.25, 0.3) is 0 Å². The highest BCUT2D eigenvalue weighted by molar-refractivity contribution is 6.31. The van der Waals surface area contributed by atoms with Crippen LogP contribution < -0.4 is 10.2 Å². The molecule has 2 aromatic carbocycles. The van der Waals surface area contributed by atoms with E-state index in [0.717, 1.165) is 18.5 Å². The summed E-state index contributed by atoms with van der Waals surface area (Å²) in [5.74, 6) is -0.276. The minimum Gasteiger partial charge on any atom is -0.334 e. The quantitative estimate of drug-likeness (QED) is 0.426. The summed E-state index contributed by atoms with van der Waals surface area (Å²) < 4.78 is 39.2. The van der Waals surface area contributed by atoms with E-state index in [0.29, 0.717) is 5.69 Å². The van der Waals surface area contributed by atoms with E-state index >= 15 is 0 Å². The second-order valence-corrected chi connectivity index (χ2v) is 6.27. The second kappa shape index (κ2) is 7.92. The molecule has 3 rings (SSSR count). The van der Waals surface area contributed by atoms with Gasteiger partial charge in [-0.1, -0.05) is 29.8 Å². The number of nitrogens with one attached hydrogen (secondary N) is 1. The summed E-state index contributed by atoms with van der Waals surface area (Å²) in [4.78, 5) is 20.3. The van der Waals surface area contributed by atoms with Gasteiger partial charge in [0.1, 0.15) is 6.33 Å². The summed E-state index contributed by atoms with van der Waals surface area (Å²) in [7, 11) is 1.58. The third-order valence-corrected chi connectivity index (χ3v) is 4.31. The van der Waals surface area contributed by atoms with E-state index in [1.165, 1.54) is 11.0 Å². The van der Waals surface area contributed by atoms with Crippen molar-refractivity contribution in [1.29, 1.82) is 0 Å². The van der Waals surface area contributed by atoms with Gasteiger partial charge < -0.3 is 10.2 Å². The molecule has 0 saturated carbocycles. The number of anilines is 4. The van der Waals surface area contributed by atoms with E-state index in [1.807, 2.05) is 0 Å². The molecule has 0 spiro atoms. The van der Waals surface area contributed by atoms with E-state index in [9.17, 15) is 23.3 Å². The van der Waals surface area contributed by atoms with Crippen LogP contribution in [0, 0.1) is 10.1 Å². The number of nitrogens with zero attached hydrogens (tertiary/aromatic N) is 4. The zero-order valence-electron chi connectivity index (χ0n) is 14.8. The van der Waals surface area contributed by atoms with E-state index in [-0.39, 0.29) is 17.3 Å². The third kappa shape index (κ3) is 4.37. The predicted octanol–water partition coefficient (Wildman–Crippen LogP) is 5.57. The molecule has 0 aliphatic heterocycles. The minimum atomic E-state index is -4.68. The first-order valence-electron chi connectivity index (χ1n) is 8.10. The Labute approximate surface area is 167 Å². The molecule has 29 heavy (non-hydrogen) atoms. The second-order valence-electron chi connectivity index (χ2n) is 5.86. The minimum absolute atomic E-state index is 0.0243. The molecule has 1 heterocycles. The van der Waals surface area contributed by atoms with Crippen molar-refractivity contribution >= 4 is 40.3 Å². The van der Waals surface area contributed by atoms with Crippen LogP contribution in [0.5, 0.6) is 0 Å². The number of rotatable bonds is 5. The Morgan fingerprint density at radius 3 is 2.45 bits per heavy atom. The Morgan fingerprint density at radius 1 is 1.14 bits per heavy atom. The summed E-state index contributed by atoms with van der Waals surface area (Å²) in [5, 5.41) is 13.8. The number of alkyl halides is 3. The van der Waals surface area contributed by atoms with Gasteiger partial charge in [-0.3, -0.25) is 10.1 Å². The number of halogens is 4. The molecule has 0 saturated heterocycles. The molecule has 0 fully saturated rings. The Morgan fingerprint density at radius 2 is 1.83 bits per heavy atom. The van der Waals surface area contributed by atoms with Crippen molar-refractivity contribution < 1.29 is 18.1 Å². The number of benzene rings is 2. The number of nitro groups is 1. The van der Waals surface area contributed by atoms with Gasteiger partial charge >= 0.3 is 11.9 Å². The van der Waals surface area contributed by atoms with Gasteiger partial charge in [0.15, 0.2) is 0 Å². The maximum atomic E-state index is 13.1. The smallest absolute Gasteiger partial charge is 0.334 e. The van der Waals surface area contributed by atoms with Gasteiger partial charge in [-0.05, 0) is 30.3 Å². The van der Waals surface area contributed by atoms with Crippen LogP contribution in [0.15, 0.2) is 54.9 Å². The van der Waals surface area contributed by atoms with Crippen LogP contribution >= 0.6 is 11.6 Å². The largest absolute Gasteiger partial charge is 0.417 e. The number of para-hydroxylation sites is 1. The number of hydrogen-bond acceptors (Lipinski definition) is 6. The Hall–Kier alpha value is -3.40. The fourth-order valence-electron chi connectivity index (χ4n) is 2.61. The van der Waals surface area contributed by atoms with Crippen LogP contribution in [0.2, 0.25) is 5.02 Å². The molecular weight excluding hydrogens is 411 g/mol. The zero-order chi connectivity index (χ0) is 21.2. The lowest BCUT2D eigenvalue weighted by atomic mass is 10.2. The van der Waals surface area contributed by atoms with Gasteiger partial charge in [0, 0.05) is 18.4 Å². The highest BCUT2D eigenvalue weighted by Gasteiger charge is 2.34. The van der Waals surface area contributed by atoms with Crippen molar-refractivity contribution in [3.8, 4) is 0 Å². The number of aromatic nitrogens is 2. The lowest BCUT2D eigenvalue weighted by Crippen LogP contribution is -2.15. The van der Waals surface area contributed by atoms with Gasteiger partial charge in [-0.2, -0.15) is 13.2 Å². The highest BCUT2D eigenvalue weighted by Crippen LogP contribution is 2.39. The number of hydrogen-bond donors (Lipinski definition) is 1. The Bertz CT molecular complexity index is 1050. The topological polar surface area (TPSA) is 84.2 Å². The molecule has 0 aliphatic carbocycles. The molecule has 7 nitrogen and oxygen atoms in total. The molecule has 0 aliphatic rings. The van der Waals surface area contributed by atoms with Crippen molar-refractivity contribution in [2.75, 3.05) is 17.3 Å². The Kier molecular flexibility index (Phi) is 5.55. The Balaban J connectivity index is 2.04. The maximum Gasteiger partial charge on any atom is 0.417 e. The van der Waals surface area contributed by atoms with E-state index in [4.69, 9.17) is 11.6 Å². The monoisotopic (exact) mass is 423 g/mol. The van der Waals surface area contributed by atoms with Crippen molar-refractivity contribution in [3.63, 3.8) is 0 Å². The zero-order valence-corrected chi connectivity index (χ0v) is 15.6. The summed E-state index contributed by atoms with van der Waals surface area (Å²) in [6, 6.07) is 11.8. The molecule has 11 heteroatoms. The van der Waals surface area contributed by atoms with Gasteiger partial charge in [-0.15, -0.1) is 0 Å². The maximum absolute atomic E-state index is 13.1. The van der Waals surface area contributed by atoms with Crippen molar-refractivity contribution in [3.05, 3.63) is 75.6 Å². The fourth-order valence-corrected chi connectivity index (χ4v) is 2.83. The van der Waals surface area contributed by atoms with Crippen molar-refractivity contribution in [1.82, 2.24) is 9.97 Å². The average Bonchev–Trinajstić information content (AvgIpc) is 2.68. The standard InChI is InChI=1S/C18H13ClF3N5O2/c1-26(12-5-3-2-4-6-12)17-15(27(28)29)16(23-10-24-17)25-11-7-8-14(19)13(9-11)18(20,21)22/h2-10H,1H3,(H,23,24,25). The normalized spacial score (nSPS) is 11.2. The first-order chi connectivity index (χ1) is 13.7. The molecule has 3 aromatic rings. The lowest BCUT2D eigenvalue weighted by Gasteiger charge is -2.19. The van der Waals surface area contributed by atoms with Gasteiger partial charge in [0.05, 0.1) is 15.5 Å². The summed E-state index contributed by atoms with van der Waals surface area (Å²) in [6.45, 7) is 0. The fraction of sp³-hybridized carbons (Fsp3) is 0.111. The highest BCUT2D eigenvalue weighted by atomic mass is 35.5. The molecule has 150 valence electrons. The van der Waals surface area contributed by atoms with Gasteiger partial charge in [0.25, 0.3) is 0 Å². The predicted molar refractivity (Wildman–Crippen MR) is 103 cm³/mol. The third-order valence-electron chi connectivity index (χ3n) is 3.98. The van der Waals surface area contributed by atoms with Crippen LogP contribution in [-0.2, 0) is 6.18 Å². The van der Waals surface area contributed by atoms with Crippen LogP contribution in [0.4, 0.5) is 41.9 Å². The van der Waals surface area contributed by atoms with Gasteiger partial charge in [0.2, 0.25) is 11.6 Å². The molecule has 0 unspecified atom stereocenters. The summed E-state index contributed by atoms with van der Waals surface area (Å²) >= 11 is 5.61. The molecule has 0 amide bonds. The van der Waals surface area contributed by atoms with E-state index in [1.54, 1.807) is 37.4 Å². The van der Waals surface area contributed by atoms with Crippen LogP contribution in [-0.4, -0.2) is 21.9 Å². The van der Waals surface area contributed by atoms with Crippen LogP contribution in [0.3, 0.4) is 0 Å². The molecule has 0 bridgehead atoms. The van der Waals surface area contributed by atoms with Crippen molar-refractivity contribution in [2.24, 2.45) is 0 Å². The van der Waals surface area contributed by atoms with Crippen molar-refractivity contribution in [2.45, 2.75) is 6.18 Å². The lowest BCUT2D eigenvalue weighted by molar-refractivity contribution is -0.383. The van der Waals surface area contributed by atoms with E-state index in [2.05, 4.69) is 15.3 Å². The molecule has 1 aromatic heterocycles. The molecule has 0 atom stereocenters. The summed E-state index contributed by atoms with van der Waals surface area (Å²) in [5.41, 5.74) is -0.979. The first kappa shape index (κ1) is 20.3. The molecule has 0 radical (unpaired) electrons. The summed E-state index contributed by atoms with van der Waals surface area (Å²) in [6.07, 6.45) is -3.59. The van der Waals surface area contributed by atoms with Gasteiger partial charge in [-0.25, -0.2) is 9.97 Å². The average molecular weight is 424 g/mol.